The molecule has 0 saturated carbocycles. The van der Waals surface area contributed by atoms with Crippen molar-refractivity contribution in [3.05, 3.63) is 24.3 Å². The third-order valence-electron chi connectivity index (χ3n) is 2.42. The fraction of sp³-hybridized carbons (Fsp3) is 0.538. The van der Waals surface area contributed by atoms with Crippen LogP contribution in [-0.4, -0.2) is 32.1 Å². The van der Waals surface area contributed by atoms with Gasteiger partial charge >= 0.3 is 0 Å². The van der Waals surface area contributed by atoms with E-state index < -0.39 is 0 Å². The Bertz CT molecular complexity index is 320. The van der Waals surface area contributed by atoms with Crippen LogP contribution < -0.4 is 10.5 Å². The Morgan fingerprint density at radius 1 is 1.41 bits per heavy atom. The van der Waals surface area contributed by atoms with E-state index in [1.54, 1.807) is 18.9 Å². The van der Waals surface area contributed by atoms with Crippen LogP contribution in [0.3, 0.4) is 0 Å². The van der Waals surface area contributed by atoms with Gasteiger partial charge in [-0.25, -0.2) is 0 Å². The van der Waals surface area contributed by atoms with Gasteiger partial charge in [0.05, 0.1) is 13.2 Å². The van der Waals surface area contributed by atoms with Crippen molar-refractivity contribution in [3.63, 3.8) is 0 Å². The quantitative estimate of drug-likeness (QED) is 0.725. The molecule has 1 rings (SSSR count). The summed E-state index contributed by atoms with van der Waals surface area (Å²) in [6.45, 7) is 3.32. The molecule has 0 saturated heterocycles. The maximum atomic E-state index is 5.63. The van der Waals surface area contributed by atoms with Gasteiger partial charge in [0.25, 0.3) is 0 Å². The Morgan fingerprint density at radius 2 is 2.24 bits per heavy atom. The third-order valence-corrected chi connectivity index (χ3v) is 3.44. The summed E-state index contributed by atoms with van der Waals surface area (Å²) in [7, 11) is 1.68. The second kappa shape index (κ2) is 8.39. The Labute approximate surface area is 108 Å². The van der Waals surface area contributed by atoms with Crippen molar-refractivity contribution in [1.82, 2.24) is 0 Å². The Kier molecular flexibility index (Phi) is 7.08. The lowest BCUT2D eigenvalue weighted by Crippen LogP contribution is -2.24. The molecule has 0 bridgehead atoms. The average Bonchev–Trinajstić information content (AvgIpc) is 2.38. The van der Waals surface area contributed by atoms with Crippen molar-refractivity contribution in [3.8, 4) is 5.75 Å². The second-order valence-electron chi connectivity index (χ2n) is 3.63. The minimum Gasteiger partial charge on any atom is -0.497 e. The molecule has 1 aromatic rings. The summed E-state index contributed by atoms with van der Waals surface area (Å²) in [4.78, 5) is 1.22. The lowest BCUT2D eigenvalue weighted by molar-refractivity contribution is 0.0674. The van der Waals surface area contributed by atoms with Crippen LogP contribution in [0.25, 0.3) is 0 Å². The standard InChI is InChI=1S/C13H21NO2S/c1-3-16-12(10-14)7-8-17-13-6-4-5-11(9-13)15-2/h4-6,9,12H,3,7-8,10,14H2,1-2H3. The molecule has 0 aliphatic heterocycles. The van der Waals surface area contributed by atoms with Crippen molar-refractivity contribution < 1.29 is 9.47 Å². The van der Waals surface area contributed by atoms with E-state index in [9.17, 15) is 0 Å². The van der Waals surface area contributed by atoms with Crippen molar-refractivity contribution in [2.75, 3.05) is 26.0 Å². The summed E-state index contributed by atoms with van der Waals surface area (Å²) >= 11 is 1.80. The van der Waals surface area contributed by atoms with E-state index in [0.717, 1.165) is 24.5 Å². The topological polar surface area (TPSA) is 44.5 Å². The summed E-state index contributed by atoms with van der Waals surface area (Å²) in [5.41, 5.74) is 5.63. The van der Waals surface area contributed by atoms with E-state index in [-0.39, 0.29) is 6.10 Å². The molecule has 0 aromatic heterocycles. The van der Waals surface area contributed by atoms with Gasteiger partial charge in [0.15, 0.2) is 0 Å². The molecular weight excluding hydrogens is 234 g/mol. The first kappa shape index (κ1) is 14.4. The van der Waals surface area contributed by atoms with E-state index in [4.69, 9.17) is 15.2 Å². The first-order valence-electron chi connectivity index (χ1n) is 5.88. The SMILES string of the molecule is CCOC(CN)CCSc1cccc(OC)c1. The summed E-state index contributed by atoms with van der Waals surface area (Å²) in [5.74, 6) is 1.91. The molecule has 2 N–H and O–H groups in total. The van der Waals surface area contributed by atoms with Gasteiger partial charge in [-0.05, 0) is 31.5 Å². The van der Waals surface area contributed by atoms with Crippen molar-refractivity contribution in [1.29, 1.82) is 0 Å². The molecule has 3 nitrogen and oxygen atoms in total. The molecule has 0 aliphatic rings. The molecular formula is C13H21NO2S. The van der Waals surface area contributed by atoms with Crippen molar-refractivity contribution >= 4 is 11.8 Å². The van der Waals surface area contributed by atoms with Gasteiger partial charge in [0, 0.05) is 23.8 Å². The van der Waals surface area contributed by atoms with E-state index >= 15 is 0 Å². The minimum absolute atomic E-state index is 0.179. The first-order valence-corrected chi connectivity index (χ1v) is 6.87. The predicted octanol–water partition coefficient (Wildman–Crippen LogP) is 2.54. The van der Waals surface area contributed by atoms with Gasteiger partial charge in [-0.15, -0.1) is 11.8 Å². The molecule has 0 amide bonds. The molecule has 17 heavy (non-hydrogen) atoms. The zero-order valence-electron chi connectivity index (χ0n) is 10.5. The summed E-state index contributed by atoms with van der Waals surface area (Å²) in [6.07, 6.45) is 1.16. The molecule has 0 heterocycles. The minimum atomic E-state index is 0.179. The van der Waals surface area contributed by atoms with Crippen LogP contribution in [0.5, 0.6) is 5.75 Å². The lowest BCUT2D eigenvalue weighted by Gasteiger charge is -2.14. The normalized spacial score (nSPS) is 12.4. The van der Waals surface area contributed by atoms with E-state index in [2.05, 4.69) is 6.07 Å². The zero-order chi connectivity index (χ0) is 12.5. The van der Waals surface area contributed by atoms with Crippen LogP contribution in [0, 0.1) is 0 Å². The van der Waals surface area contributed by atoms with Crippen LogP contribution in [0.15, 0.2) is 29.2 Å². The van der Waals surface area contributed by atoms with E-state index in [1.807, 2.05) is 25.1 Å². The fourth-order valence-electron chi connectivity index (χ4n) is 1.50. The highest BCUT2D eigenvalue weighted by atomic mass is 32.2. The number of hydrogen-bond donors (Lipinski definition) is 1. The molecule has 0 spiro atoms. The Morgan fingerprint density at radius 3 is 2.88 bits per heavy atom. The summed E-state index contributed by atoms with van der Waals surface area (Å²) < 4.78 is 10.7. The van der Waals surface area contributed by atoms with Gasteiger partial charge in [-0.1, -0.05) is 6.07 Å². The van der Waals surface area contributed by atoms with Gasteiger partial charge < -0.3 is 15.2 Å². The predicted molar refractivity (Wildman–Crippen MR) is 72.8 cm³/mol. The highest BCUT2D eigenvalue weighted by Crippen LogP contribution is 2.23. The number of hydrogen-bond acceptors (Lipinski definition) is 4. The van der Waals surface area contributed by atoms with Crippen LogP contribution in [0.1, 0.15) is 13.3 Å². The number of ether oxygens (including phenoxy) is 2. The van der Waals surface area contributed by atoms with E-state index in [0.29, 0.717) is 6.54 Å². The molecule has 1 unspecified atom stereocenters. The van der Waals surface area contributed by atoms with Crippen LogP contribution >= 0.6 is 11.8 Å². The number of thioether (sulfide) groups is 1. The van der Waals surface area contributed by atoms with E-state index in [1.165, 1.54) is 4.90 Å². The highest BCUT2D eigenvalue weighted by molar-refractivity contribution is 7.99. The monoisotopic (exact) mass is 255 g/mol. The van der Waals surface area contributed by atoms with Gasteiger partial charge in [-0.3, -0.25) is 0 Å². The number of benzene rings is 1. The van der Waals surface area contributed by atoms with Crippen LogP contribution in [-0.2, 0) is 4.74 Å². The largest absolute Gasteiger partial charge is 0.497 e. The van der Waals surface area contributed by atoms with Gasteiger partial charge in [0.1, 0.15) is 5.75 Å². The fourth-order valence-corrected chi connectivity index (χ4v) is 2.49. The van der Waals surface area contributed by atoms with Crippen molar-refractivity contribution in [2.45, 2.75) is 24.3 Å². The highest BCUT2D eigenvalue weighted by Gasteiger charge is 2.06. The number of nitrogens with two attached hydrogens (primary N) is 1. The smallest absolute Gasteiger partial charge is 0.119 e. The molecule has 0 radical (unpaired) electrons. The van der Waals surface area contributed by atoms with Gasteiger partial charge in [0.2, 0.25) is 0 Å². The third kappa shape index (κ3) is 5.44. The summed E-state index contributed by atoms with van der Waals surface area (Å²) in [5, 5.41) is 0. The molecule has 1 atom stereocenters. The zero-order valence-corrected chi connectivity index (χ0v) is 11.3. The molecule has 96 valence electrons. The second-order valence-corrected chi connectivity index (χ2v) is 4.80. The molecule has 0 fully saturated rings. The maximum Gasteiger partial charge on any atom is 0.119 e. The molecule has 4 heteroatoms. The van der Waals surface area contributed by atoms with Gasteiger partial charge in [-0.2, -0.15) is 0 Å². The number of rotatable bonds is 8. The first-order chi connectivity index (χ1) is 8.30. The summed E-state index contributed by atoms with van der Waals surface area (Å²) in [6, 6.07) is 8.09. The van der Waals surface area contributed by atoms with Crippen molar-refractivity contribution in [2.24, 2.45) is 5.73 Å². The van der Waals surface area contributed by atoms with Crippen LogP contribution in [0.4, 0.5) is 0 Å². The number of methoxy groups -OCH3 is 1. The Balaban J connectivity index is 2.34. The van der Waals surface area contributed by atoms with Crippen LogP contribution in [0.2, 0.25) is 0 Å². The molecule has 1 aromatic carbocycles. The Hall–Kier alpha value is -0.710. The maximum absolute atomic E-state index is 5.63. The average molecular weight is 255 g/mol. The lowest BCUT2D eigenvalue weighted by atomic mass is 10.3. The molecule has 0 aliphatic carbocycles.